The molecular formula is C14H20ClN3O2S. The van der Waals surface area contributed by atoms with Gasteiger partial charge in [-0.1, -0.05) is 11.6 Å². The number of urea groups is 1. The van der Waals surface area contributed by atoms with E-state index in [2.05, 4.69) is 5.32 Å². The van der Waals surface area contributed by atoms with Gasteiger partial charge in [-0.2, -0.15) is 0 Å². The first kappa shape index (κ1) is 16.1. The Labute approximate surface area is 133 Å². The van der Waals surface area contributed by atoms with Crippen molar-refractivity contribution in [2.45, 2.75) is 32.2 Å². The van der Waals surface area contributed by atoms with Crippen LogP contribution in [0, 0.1) is 5.92 Å². The van der Waals surface area contributed by atoms with Crippen LogP contribution in [0.2, 0.25) is 4.34 Å². The number of nitrogens with one attached hydrogen (secondary N) is 1. The Kier molecular flexibility index (Phi) is 5.47. The number of hydrogen-bond acceptors (Lipinski definition) is 3. The highest BCUT2D eigenvalue weighted by Crippen LogP contribution is 2.27. The smallest absolute Gasteiger partial charge is 0.317 e. The first-order valence-electron chi connectivity index (χ1n) is 7.04. The molecule has 1 aromatic heterocycles. The van der Waals surface area contributed by atoms with Gasteiger partial charge in [0.25, 0.3) is 0 Å². The van der Waals surface area contributed by atoms with Crippen molar-refractivity contribution >= 4 is 34.9 Å². The summed E-state index contributed by atoms with van der Waals surface area (Å²) in [5.74, 6) is 0.0428. The van der Waals surface area contributed by atoms with E-state index in [1.807, 2.05) is 19.1 Å². The lowest BCUT2D eigenvalue weighted by molar-refractivity contribution is -0.119. The van der Waals surface area contributed by atoms with E-state index < -0.39 is 0 Å². The summed E-state index contributed by atoms with van der Waals surface area (Å²) in [6, 6.07) is 3.64. The summed E-state index contributed by atoms with van der Waals surface area (Å²) in [6.45, 7) is 3.28. The van der Waals surface area contributed by atoms with E-state index >= 15 is 0 Å². The Morgan fingerprint density at radius 3 is 2.67 bits per heavy atom. The zero-order valence-corrected chi connectivity index (χ0v) is 13.5. The molecule has 1 aliphatic heterocycles. The highest BCUT2D eigenvalue weighted by Gasteiger charge is 2.24. The van der Waals surface area contributed by atoms with E-state index in [-0.39, 0.29) is 18.0 Å². The predicted molar refractivity (Wildman–Crippen MR) is 84.4 cm³/mol. The van der Waals surface area contributed by atoms with Crippen LogP contribution in [0.3, 0.4) is 0 Å². The van der Waals surface area contributed by atoms with Crippen LogP contribution in [0.15, 0.2) is 12.1 Å². The summed E-state index contributed by atoms with van der Waals surface area (Å²) in [7, 11) is 0. The summed E-state index contributed by atoms with van der Waals surface area (Å²) in [5.41, 5.74) is 5.21. The highest BCUT2D eigenvalue weighted by molar-refractivity contribution is 7.16. The lowest BCUT2D eigenvalue weighted by atomic mass is 9.93. The van der Waals surface area contributed by atoms with Crippen molar-refractivity contribution in [3.8, 4) is 0 Å². The van der Waals surface area contributed by atoms with Gasteiger partial charge < -0.3 is 16.0 Å². The quantitative estimate of drug-likeness (QED) is 0.891. The molecule has 1 fully saturated rings. The van der Waals surface area contributed by atoms with Gasteiger partial charge in [-0.15, -0.1) is 11.3 Å². The average Bonchev–Trinajstić information content (AvgIpc) is 2.85. The molecule has 2 heterocycles. The number of amides is 3. The number of carbonyl (C=O) groups excluding carboxylic acids is 2. The number of hydrogen-bond donors (Lipinski definition) is 2. The first-order valence-corrected chi connectivity index (χ1v) is 8.24. The maximum atomic E-state index is 12.2. The van der Waals surface area contributed by atoms with Crippen LogP contribution in [0.1, 0.15) is 37.1 Å². The van der Waals surface area contributed by atoms with Crippen LogP contribution in [0.25, 0.3) is 0 Å². The molecule has 0 aliphatic carbocycles. The summed E-state index contributed by atoms with van der Waals surface area (Å²) >= 11 is 7.38. The van der Waals surface area contributed by atoms with Crippen molar-refractivity contribution in [2.75, 3.05) is 13.1 Å². The summed E-state index contributed by atoms with van der Waals surface area (Å²) in [4.78, 5) is 26.0. The van der Waals surface area contributed by atoms with Gasteiger partial charge in [0.05, 0.1) is 10.4 Å². The van der Waals surface area contributed by atoms with Crippen LogP contribution in [0.5, 0.6) is 0 Å². The Morgan fingerprint density at radius 1 is 1.48 bits per heavy atom. The number of nitrogens with two attached hydrogens (primary N) is 1. The number of likely N-dealkylation sites (tertiary alicyclic amines) is 1. The maximum absolute atomic E-state index is 12.2. The van der Waals surface area contributed by atoms with Gasteiger partial charge >= 0.3 is 6.03 Å². The van der Waals surface area contributed by atoms with Gasteiger partial charge in [-0.3, -0.25) is 4.79 Å². The summed E-state index contributed by atoms with van der Waals surface area (Å²) in [5, 5.41) is 2.98. The van der Waals surface area contributed by atoms with E-state index in [9.17, 15) is 9.59 Å². The second-order valence-electron chi connectivity index (χ2n) is 5.41. The Morgan fingerprint density at radius 2 is 2.14 bits per heavy atom. The number of carbonyl (C=O) groups is 2. The number of primary amides is 1. The summed E-state index contributed by atoms with van der Waals surface area (Å²) in [6.07, 6.45) is 2.07. The van der Waals surface area contributed by atoms with E-state index in [1.165, 1.54) is 11.3 Å². The zero-order chi connectivity index (χ0) is 15.4. The molecule has 1 aliphatic rings. The lowest BCUT2D eigenvalue weighted by Gasteiger charge is -2.32. The first-order chi connectivity index (χ1) is 9.95. The third-order valence-electron chi connectivity index (χ3n) is 3.75. The molecule has 0 saturated carbocycles. The fourth-order valence-corrected chi connectivity index (χ4v) is 3.60. The van der Waals surface area contributed by atoms with E-state index in [0.717, 1.165) is 22.1 Å². The van der Waals surface area contributed by atoms with Crippen molar-refractivity contribution in [2.24, 2.45) is 11.7 Å². The van der Waals surface area contributed by atoms with Crippen molar-refractivity contribution < 1.29 is 9.59 Å². The predicted octanol–water partition coefficient (Wildman–Crippen LogP) is 2.76. The van der Waals surface area contributed by atoms with E-state index in [0.29, 0.717) is 25.4 Å². The minimum atomic E-state index is -0.263. The van der Waals surface area contributed by atoms with Crippen LogP contribution >= 0.6 is 22.9 Å². The number of rotatable bonds is 4. The van der Waals surface area contributed by atoms with Gasteiger partial charge in [0.2, 0.25) is 5.91 Å². The zero-order valence-electron chi connectivity index (χ0n) is 12.0. The van der Waals surface area contributed by atoms with Crippen molar-refractivity contribution in [1.29, 1.82) is 0 Å². The molecule has 3 amide bonds. The fourth-order valence-electron chi connectivity index (χ4n) is 2.53. The Bertz CT molecular complexity index is 512. The summed E-state index contributed by atoms with van der Waals surface area (Å²) < 4.78 is 0.721. The Balaban J connectivity index is 1.80. The highest BCUT2D eigenvalue weighted by atomic mass is 35.5. The van der Waals surface area contributed by atoms with Crippen LogP contribution in [-0.2, 0) is 4.79 Å². The van der Waals surface area contributed by atoms with E-state index in [4.69, 9.17) is 17.3 Å². The Hall–Kier alpha value is -1.27. The van der Waals surface area contributed by atoms with Gasteiger partial charge in [0.1, 0.15) is 0 Å². The fraction of sp³-hybridized carbons (Fsp3) is 0.571. The molecule has 2 rings (SSSR count). The van der Waals surface area contributed by atoms with Crippen LogP contribution in [-0.4, -0.2) is 29.9 Å². The number of nitrogens with zero attached hydrogens (tertiary/aromatic N) is 1. The minimum absolute atomic E-state index is 0.0571. The van der Waals surface area contributed by atoms with Gasteiger partial charge in [-0.05, 0) is 37.8 Å². The van der Waals surface area contributed by atoms with Gasteiger partial charge in [0, 0.05) is 24.4 Å². The minimum Gasteiger partial charge on any atom is -0.370 e. The molecule has 3 N–H and O–H groups in total. The van der Waals surface area contributed by atoms with E-state index in [1.54, 1.807) is 4.90 Å². The molecule has 5 nitrogen and oxygen atoms in total. The molecule has 0 spiro atoms. The topological polar surface area (TPSA) is 75.4 Å². The molecule has 116 valence electrons. The molecule has 0 aromatic carbocycles. The van der Waals surface area contributed by atoms with Crippen molar-refractivity contribution in [3.05, 3.63) is 21.3 Å². The van der Waals surface area contributed by atoms with Crippen molar-refractivity contribution in [1.82, 2.24) is 10.2 Å². The maximum Gasteiger partial charge on any atom is 0.317 e. The second kappa shape index (κ2) is 7.13. The third kappa shape index (κ3) is 4.61. The molecule has 0 unspecified atom stereocenters. The standard InChI is InChI=1S/C14H20ClN3O2S/c1-9(11-2-3-12(15)21-11)17-14(20)18-6-4-10(5-7-18)8-13(16)19/h2-3,9-10H,4-8H2,1H3,(H2,16,19)(H,17,20)/t9-/m0/s1. The number of piperidine rings is 1. The largest absolute Gasteiger partial charge is 0.370 e. The van der Waals surface area contributed by atoms with Crippen LogP contribution in [0.4, 0.5) is 4.79 Å². The monoisotopic (exact) mass is 329 g/mol. The number of thiophene rings is 1. The molecule has 0 radical (unpaired) electrons. The molecule has 1 saturated heterocycles. The molecule has 0 bridgehead atoms. The van der Waals surface area contributed by atoms with Gasteiger partial charge in [-0.25, -0.2) is 4.79 Å². The SMILES string of the molecule is C[C@H](NC(=O)N1CCC(CC(N)=O)CC1)c1ccc(Cl)s1. The average molecular weight is 330 g/mol. The molecule has 1 aromatic rings. The molecule has 21 heavy (non-hydrogen) atoms. The molecule has 1 atom stereocenters. The van der Waals surface area contributed by atoms with Gasteiger partial charge in [0.15, 0.2) is 0 Å². The number of halogens is 1. The van der Waals surface area contributed by atoms with Crippen LogP contribution < -0.4 is 11.1 Å². The van der Waals surface area contributed by atoms with Crippen molar-refractivity contribution in [3.63, 3.8) is 0 Å². The normalized spacial score (nSPS) is 17.5. The third-order valence-corrected chi connectivity index (χ3v) is 5.17. The molecular weight excluding hydrogens is 310 g/mol. The molecule has 7 heteroatoms. The second-order valence-corrected chi connectivity index (χ2v) is 7.16. The lowest BCUT2D eigenvalue weighted by Crippen LogP contribution is -2.45.